The molecule has 1 N–H and O–H groups in total. The van der Waals surface area contributed by atoms with Crippen molar-refractivity contribution < 1.29 is 9.90 Å². The Balaban J connectivity index is 2.91. The molecule has 4 heteroatoms. The van der Waals surface area contributed by atoms with Crippen molar-refractivity contribution in [2.24, 2.45) is 0 Å². The monoisotopic (exact) mass is 258 g/mol. The summed E-state index contributed by atoms with van der Waals surface area (Å²) < 4.78 is 0. The molecule has 0 unspecified atom stereocenters. The molecular formula is C12H12Cl2O2. The first-order chi connectivity index (χ1) is 7.40. The SMILES string of the molecule is CC(C)=CC(=O)Cc1cc(Cl)c(O)c(Cl)c1. The first kappa shape index (κ1) is 13.1. The molecule has 86 valence electrons. The second kappa shape index (κ2) is 5.37. The van der Waals surface area contributed by atoms with Crippen molar-refractivity contribution in [3.63, 3.8) is 0 Å². The van der Waals surface area contributed by atoms with E-state index < -0.39 is 0 Å². The van der Waals surface area contributed by atoms with Crippen LogP contribution < -0.4 is 0 Å². The summed E-state index contributed by atoms with van der Waals surface area (Å²) in [5.41, 5.74) is 1.64. The van der Waals surface area contributed by atoms with Gasteiger partial charge >= 0.3 is 0 Å². The number of phenols is 1. The van der Waals surface area contributed by atoms with Crippen LogP contribution in [0.2, 0.25) is 10.0 Å². The maximum absolute atomic E-state index is 11.5. The summed E-state index contributed by atoms with van der Waals surface area (Å²) in [6.07, 6.45) is 1.79. The third-order valence-corrected chi connectivity index (χ3v) is 2.48. The van der Waals surface area contributed by atoms with Crippen LogP contribution in [0.15, 0.2) is 23.8 Å². The number of allylic oxidation sites excluding steroid dienone is 2. The van der Waals surface area contributed by atoms with Gasteiger partial charge in [-0.15, -0.1) is 0 Å². The van der Waals surface area contributed by atoms with E-state index in [4.69, 9.17) is 23.2 Å². The maximum atomic E-state index is 11.5. The number of aromatic hydroxyl groups is 1. The predicted molar refractivity (Wildman–Crippen MR) is 66.3 cm³/mol. The summed E-state index contributed by atoms with van der Waals surface area (Å²) in [5, 5.41) is 9.67. The van der Waals surface area contributed by atoms with Gasteiger partial charge < -0.3 is 5.11 Å². The number of ketones is 1. The van der Waals surface area contributed by atoms with E-state index in [1.807, 2.05) is 13.8 Å². The van der Waals surface area contributed by atoms with Crippen LogP contribution >= 0.6 is 23.2 Å². The molecule has 16 heavy (non-hydrogen) atoms. The molecule has 1 rings (SSSR count). The Morgan fingerprint density at radius 3 is 2.25 bits per heavy atom. The zero-order chi connectivity index (χ0) is 12.3. The second-order valence-corrected chi connectivity index (χ2v) is 4.59. The van der Waals surface area contributed by atoms with Gasteiger partial charge in [0.25, 0.3) is 0 Å². The van der Waals surface area contributed by atoms with Crippen molar-refractivity contribution in [2.45, 2.75) is 20.3 Å². The van der Waals surface area contributed by atoms with Crippen LogP contribution in [-0.2, 0) is 11.2 Å². The zero-order valence-electron chi connectivity index (χ0n) is 9.05. The molecular weight excluding hydrogens is 247 g/mol. The number of hydrogen-bond acceptors (Lipinski definition) is 2. The van der Waals surface area contributed by atoms with E-state index in [-0.39, 0.29) is 28.0 Å². The topological polar surface area (TPSA) is 37.3 Å². The number of halogens is 2. The lowest BCUT2D eigenvalue weighted by molar-refractivity contribution is -0.114. The number of carbonyl (C=O) groups is 1. The quantitative estimate of drug-likeness (QED) is 0.839. The summed E-state index contributed by atoms with van der Waals surface area (Å²) in [5.74, 6) is -0.167. The third-order valence-electron chi connectivity index (χ3n) is 1.90. The fraction of sp³-hybridized carbons (Fsp3) is 0.250. The first-order valence-electron chi connectivity index (χ1n) is 4.74. The van der Waals surface area contributed by atoms with Gasteiger partial charge in [-0.2, -0.15) is 0 Å². The van der Waals surface area contributed by atoms with Gasteiger partial charge in [0.2, 0.25) is 0 Å². The van der Waals surface area contributed by atoms with E-state index in [0.717, 1.165) is 5.57 Å². The van der Waals surface area contributed by atoms with E-state index in [9.17, 15) is 9.90 Å². The number of hydrogen-bond donors (Lipinski definition) is 1. The highest BCUT2D eigenvalue weighted by atomic mass is 35.5. The Morgan fingerprint density at radius 2 is 1.81 bits per heavy atom. The van der Waals surface area contributed by atoms with Crippen LogP contribution in [0.25, 0.3) is 0 Å². The molecule has 0 aliphatic rings. The molecule has 0 heterocycles. The minimum Gasteiger partial charge on any atom is -0.505 e. The van der Waals surface area contributed by atoms with Crippen LogP contribution in [0.3, 0.4) is 0 Å². The van der Waals surface area contributed by atoms with E-state index in [2.05, 4.69) is 0 Å². The molecule has 0 aliphatic heterocycles. The molecule has 0 aliphatic carbocycles. The molecule has 0 bridgehead atoms. The molecule has 2 nitrogen and oxygen atoms in total. The van der Waals surface area contributed by atoms with Crippen molar-refractivity contribution in [3.8, 4) is 5.75 Å². The minimum absolute atomic E-state index is 0.0159. The van der Waals surface area contributed by atoms with Gasteiger partial charge in [-0.05, 0) is 37.6 Å². The highest BCUT2D eigenvalue weighted by Crippen LogP contribution is 2.32. The van der Waals surface area contributed by atoms with Crippen molar-refractivity contribution in [1.29, 1.82) is 0 Å². The Hall–Kier alpha value is -0.990. The average molecular weight is 259 g/mol. The summed E-state index contributed by atoms with van der Waals surface area (Å²) in [6, 6.07) is 3.08. The number of rotatable bonds is 3. The van der Waals surface area contributed by atoms with Crippen LogP contribution in [0.5, 0.6) is 5.75 Å². The molecule has 1 aromatic carbocycles. The first-order valence-corrected chi connectivity index (χ1v) is 5.50. The van der Waals surface area contributed by atoms with E-state index in [0.29, 0.717) is 5.56 Å². The molecule has 0 spiro atoms. The predicted octanol–water partition coefficient (Wildman–Crippen LogP) is 3.78. The van der Waals surface area contributed by atoms with Gasteiger partial charge in [-0.1, -0.05) is 28.8 Å². The Morgan fingerprint density at radius 1 is 1.31 bits per heavy atom. The van der Waals surface area contributed by atoms with Gasteiger partial charge in [0.05, 0.1) is 10.0 Å². The van der Waals surface area contributed by atoms with Crippen molar-refractivity contribution in [2.75, 3.05) is 0 Å². The molecule has 0 radical (unpaired) electrons. The lowest BCUT2D eigenvalue weighted by atomic mass is 10.1. The Labute approximate surface area is 104 Å². The van der Waals surface area contributed by atoms with Gasteiger partial charge in [-0.25, -0.2) is 0 Å². The third kappa shape index (κ3) is 3.54. The maximum Gasteiger partial charge on any atom is 0.159 e. The van der Waals surface area contributed by atoms with Crippen molar-refractivity contribution in [1.82, 2.24) is 0 Å². The lowest BCUT2D eigenvalue weighted by Crippen LogP contribution is -1.99. The number of carbonyl (C=O) groups excluding carboxylic acids is 1. The lowest BCUT2D eigenvalue weighted by Gasteiger charge is -2.04. The second-order valence-electron chi connectivity index (χ2n) is 3.77. The van der Waals surface area contributed by atoms with E-state index in [1.165, 1.54) is 0 Å². The summed E-state index contributed by atoms with van der Waals surface area (Å²) in [4.78, 5) is 11.5. The fourth-order valence-electron chi connectivity index (χ4n) is 1.29. The van der Waals surface area contributed by atoms with Gasteiger partial charge in [-0.3, -0.25) is 4.79 Å². The minimum atomic E-state index is -0.151. The molecule has 0 saturated heterocycles. The smallest absolute Gasteiger partial charge is 0.159 e. The van der Waals surface area contributed by atoms with Crippen molar-refractivity contribution >= 4 is 29.0 Å². The Bertz CT molecular complexity index is 423. The van der Waals surface area contributed by atoms with Gasteiger partial charge in [0.15, 0.2) is 11.5 Å². The molecule has 1 aromatic rings. The molecule has 0 saturated carbocycles. The van der Waals surface area contributed by atoms with Gasteiger partial charge in [0.1, 0.15) is 0 Å². The molecule has 0 fully saturated rings. The molecule has 0 atom stereocenters. The average Bonchev–Trinajstić information content (AvgIpc) is 2.12. The standard InChI is InChI=1S/C12H12Cl2O2/c1-7(2)3-9(15)4-8-5-10(13)12(16)11(14)6-8/h3,5-6,16H,4H2,1-2H3. The van der Waals surface area contributed by atoms with Crippen LogP contribution in [0, 0.1) is 0 Å². The number of phenolic OH excluding ortho intramolecular Hbond substituents is 1. The van der Waals surface area contributed by atoms with Crippen molar-refractivity contribution in [3.05, 3.63) is 39.4 Å². The van der Waals surface area contributed by atoms with Crippen LogP contribution in [0.4, 0.5) is 0 Å². The van der Waals surface area contributed by atoms with Crippen LogP contribution in [-0.4, -0.2) is 10.9 Å². The number of benzene rings is 1. The normalized spacial score (nSPS) is 10.0. The van der Waals surface area contributed by atoms with Crippen LogP contribution in [0.1, 0.15) is 19.4 Å². The highest BCUT2D eigenvalue weighted by molar-refractivity contribution is 6.37. The van der Waals surface area contributed by atoms with E-state index >= 15 is 0 Å². The Kier molecular flexibility index (Phi) is 4.39. The summed E-state index contributed by atoms with van der Waals surface area (Å²) >= 11 is 11.5. The van der Waals surface area contributed by atoms with E-state index in [1.54, 1.807) is 18.2 Å². The highest BCUT2D eigenvalue weighted by Gasteiger charge is 2.08. The largest absolute Gasteiger partial charge is 0.505 e. The fourth-order valence-corrected chi connectivity index (χ4v) is 1.83. The molecule has 0 amide bonds. The molecule has 0 aromatic heterocycles. The summed E-state index contributed by atoms with van der Waals surface area (Å²) in [7, 11) is 0. The zero-order valence-corrected chi connectivity index (χ0v) is 10.6. The summed E-state index contributed by atoms with van der Waals surface area (Å²) in [6.45, 7) is 3.71. The van der Waals surface area contributed by atoms with Gasteiger partial charge in [0, 0.05) is 6.42 Å².